The van der Waals surface area contributed by atoms with Gasteiger partial charge in [-0.15, -0.1) is 0 Å². The lowest BCUT2D eigenvalue weighted by atomic mass is 10.4. The highest BCUT2D eigenvalue weighted by Gasteiger charge is 2.08. The van der Waals surface area contributed by atoms with Crippen LogP contribution in [0, 0.1) is 0 Å². The van der Waals surface area contributed by atoms with Crippen molar-refractivity contribution in [1.29, 1.82) is 0 Å². The van der Waals surface area contributed by atoms with Crippen LogP contribution in [-0.4, -0.2) is 44.6 Å². The zero-order valence-corrected chi connectivity index (χ0v) is 9.59. The van der Waals surface area contributed by atoms with Crippen LogP contribution in [-0.2, 0) is 14.6 Å². The molecular weight excluding hydrogens is 206 g/mol. The quantitative estimate of drug-likeness (QED) is 0.724. The molecule has 0 radical (unpaired) electrons. The molecule has 0 spiro atoms. The van der Waals surface area contributed by atoms with Crippen LogP contribution in [0.15, 0.2) is 0 Å². The molecule has 0 unspecified atom stereocenters. The minimum Gasteiger partial charge on any atom is -0.303 e. The third-order valence-corrected chi connectivity index (χ3v) is 2.37. The van der Waals surface area contributed by atoms with Gasteiger partial charge in [0.15, 0.2) is 0 Å². The third kappa shape index (κ3) is 8.43. The molecule has 1 heterocycles. The zero-order valence-electron chi connectivity index (χ0n) is 8.77. The zero-order chi connectivity index (χ0) is 11.0. The molecule has 0 aromatic rings. The molecule has 0 atom stereocenters. The number of hydrogen-bond acceptors (Lipinski definition) is 4. The van der Waals surface area contributed by atoms with Crippen molar-refractivity contribution in [3.63, 3.8) is 0 Å². The van der Waals surface area contributed by atoms with Crippen LogP contribution < -0.4 is 0 Å². The minimum atomic E-state index is -4.16. The first-order valence-electron chi connectivity index (χ1n) is 4.75. The Morgan fingerprint density at radius 3 is 2.07 bits per heavy atom. The van der Waals surface area contributed by atoms with Crippen molar-refractivity contribution in [2.75, 3.05) is 26.7 Å². The summed E-state index contributed by atoms with van der Waals surface area (Å²) in [7, 11) is -3.29. The van der Waals surface area contributed by atoms with Crippen molar-refractivity contribution in [2.45, 2.75) is 26.2 Å². The van der Waals surface area contributed by atoms with E-state index in [1.54, 1.807) is 0 Å². The van der Waals surface area contributed by atoms with Crippen molar-refractivity contribution in [2.24, 2.45) is 0 Å². The smallest absolute Gasteiger partial charge is 0.303 e. The molecule has 1 aliphatic rings. The second kappa shape index (κ2) is 7.17. The van der Waals surface area contributed by atoms with E-state index in [1.807, 2.05) is 0 Å². The normalized spacial score (nSPS) is 17.6. The first-order valence-corrected chi connectivity index (χ1v) is 6.11. The first kappa shape index (κ1) is 13.8. The van der Waals surface area contributed by atoms with Gasteiger partial charge in [0.1, 0.15) is 0 Å². The van der Waals surface area contributed by atoms with Gasteiger partial charge in [-0.1, -0.05) is 6.92 Å². The summed E-state index contributed by atoms with van der Waals surface area (Å²) in [5.74, 6) is 0. The predicted molar refractivity (Wildman–Crippen MR) is 54.5 cm³/mol. The summed E-state index contributed by atoms with van der Waals surface area (Å²) in [5.41, 5.74) is 0. The first-order chi connectivity index (χ1) is 6.49. The van der Waals surface area contributed by atoms with E-state index < -0.39 is 10.4 Å². The molecule has 1 fully saturated rings. The second-order valence-corrected chi connectivity index (χ2v) is 4.33. The Morgan fingerprint density at radius 1 is 1.36 bits per heavy atom. The number of hydrogen-bond donors (Lipinski definition) is 1. The van der Waals surface area contributed by atoms with E-state index in [-0.39, 0.29) is 0 Å². The fourth-order valence-electron chi connectivity index (χ4n) is 1.32. The van der Waals surface area contributed by atoms with Crippen LogP contribution >= 0.6 is 0 Å². The van der Waals surface area contributed by atoms with Crippen molar-refractivity contribution in [3.05, 3.63) is 0 Å². The van der Waals surface area contributed by atoms with Gasteiger partial charge >= 0.3 is 10.4 Å². The lowest BCUT2D eigenvalue weighted by Gasteiger charge is -2.11. The third-order valence-electron chi connectivity index (χ3n) is 1.95. The molecule has 5 nitrogen and oxygen atoms in total. The van der Waals surface area contributed by atoms with E-state index in [0.29, 0.717) is 0 Å². The number of rotatable bonds is 3. The second-order valence-electron chi connectivity index (χ2n) is 3.14. The van der Waals surface area contributed by atoms with Gasteiger partial charge in [-0.3, -0.25) is 8.74 Å². The molecule has 1 rings (SSSR count). The SMILES string of the molecule is CCCN1CCCC1.COS(=O)(=O)O. The molecule has 14 heavy (non-hydrogen) atoms. The van der Waals surface area contributed by atoms with Gasteiger partial charge in [-0.25, -0.2) is 0 Å². The highest BCUT2D eigenvalue weighted by molar-refractivity contribution is 7.80. The standard InChI is InChI=1S/C7H15N.CH4O4S/c1-2-5-8-6-3-4-7-8;1-5-6(2,3)4/h2-7H2,1H3;1H3,(H,2,3,4). The molecule has 0 saturated carbocycles. The van der Waals surface area contributed by atoms with E-state index in [1.165, 1.54) is 38.9 Å². The monoisotopic (exact) mass is 225 g/mol. The summed E-state index contributed by atoms with van der Waals surface area (Å²) < 4.78 is 29.7. The van der Waals surface area contributed by atoms with Gasteiger partial charge in [0.25, 0.3) is 0 Å². The topological polar surface area (TPSA) is 66.8 Å². The maximum Gasteiger partial charge on any atom is 0.397 e. The molecule has 0 aromatic heterocycles. The van der Waals surface area contributed by atoms with E-state index >= 15 is 0 Å². The molecule has 0 aromatic carbocycles. The fourth-order valence-corrected chi connectivity index (χ4v) is 1.32. The molecule has 1 N–H and O–H groups in total. The van der Waals surface area contributed by atoms with Crippen molar-refractivity contribution < 1.29 is 17.2 Å². The predicted octanol–water partition coefficient (Wildman–Crippen LogP) is 0.928. The summed E-state index contributed by atoms with van der Waals surface area (Å²) in [4.78, 5) is 2.54. The van der Waals surface area contributed by atoms with Gasteiger partial charge < -0.3 is 4.90 Å². The van der Waals surface area contributed by atoms with Crippen LogP contribution in [0.2, 0.25) is 0 Å². The Labute approximate surface area is 86.0 Å². The summed E-state index contributed by atoms with van der Waals surface area (Å²) >= 11 is 0. The highest BCUT2D eigenvalue weighted by Crippen LogP contribution is 2.06. The Kier molecular flexibility index (Phi) is 7.08. The Balaban J connectivity index is 0.000000255. The van der Waals surface area contributed by atoms with E-state index in [4.69, 9.17) is 4.55 Å². The maximum atomic E-state index is 9.33. The molecule has 1 aliphatic heterocycles. The maximum absolute atomic E-state index is 9.33. The van der Waals surface area contributed by atoms with Crippen LogP contribution in [0.5, 0.6) is 0 Å². The Morgan fingerprint density at radius 2 is 1.79 bits per heavy atom. The summed E-state index contributed by atoms with van der Waals surface area (Å²) in [5, 5.41) is 0. The lowest BCUT2D eigenvalue weighted by molar-refractivity contribution is 0.324. The number of likely N-dealkylation sites (tertiary alicyclic amines) is 1. The molecule has 1 saturated heterocycles. The minimum absolute atomic E-state index is 0.870. The molecular formula is C8H19NO4S. The molecule has 6 heteroatoms. The lowest BCUT2D eigenvalue weighted by Crippen LogP contribution is -2.19. The van der Waals surface area contributed by atoms with Gasteiger partial charge in [0.2, 0.25) is 0 Å². The van der Waals surface area contributed by atoms with E-state index in [9.17, 15) is 8.42 Å². The van der Waals surface area contributed by atoms with Crippen molar-refractivity contribution in [3.8, 4) is 0 Å². The highest BCUT2D eigenvalue weighted by atomic mass is 32.3. The van der Waals surface area contributed by atoms with Gasteiger partial charge in [-0.05, 0) is 38.9 Å². The van der Waals surface area contributed by atoms with E-state index in [0.717, 1.165) is 7.11 Å². The Hall–Kier alpha value is -0.170. The fraction of sp³-hybridized carbons (Fsp3) is 1.00. The molecule has 0 aliphatic carbocycles. The summed E-state index contributed by atoms with van der Waals surface area (Å²) in [6.07, 6.45) is 4.18. The molecule has 86 valence electrons. The van der Waals surface area contributed by atoms with Gasteiger partial charge in [0, 0.05) is 0 Å². The number of nitrogens with zero attached hydrogens (tertiary/aromatic N) is 1. The van der Waals surface area contributed by atoms with Crippen molar-refractivity contribution >= 4 is 10.4 Å². The van der Waals surface area contributed by atoms with Crippen LogP contribution in [0.4, 0.5) is 0 Å². The van der Waals surface area contributed by atoms with Gasteiger partial charge in [0.05, 0.1) is 7.11 Å². The van der Waals surface area contributed by atoms with E-state index in [2.05, 4.69) is 16.0 Å². The van der Waals surface area contributed by atoms with Gasteiger partial charge in [-0.2, -0.15) is 8.42 Å². The molecule has 0 amide bonds. The van der Waals surface area contributed by atoms with Crippen LogP contribution in [0.25, 0.3) is 0 Å². The average molecular weight is 225 g/mol. The molecule has 0 bridgehead atoms. The average Bonchev–Trinajstić information content (AvgIpc) is 2.58. The largest absolute Gasteiger partial charge is 0.397 e. The van der Waals surface area contributed by atoms with Crippen LogP contribution in [0.3, 0.4) is 0 Å². The Bertz CT molecular complexity index is 221. The summed E-state index contributed by atoms with van der Waals surface area (Å²) in [6, 6.07) is 0. The summed E-state index contributed by atoms with van der Waals surface area (Å²) in [6.45, 7) is 6.28. The van der Waals surface area contributed by atoms with Crippen molar-refractivity contribution in [1.82, 2.24) is 4.90 Å². The van der Waals surface area contributed by atoms with Crippen LogP contribution in [0.1, 0.15) is 26.2 Å².